The van der Waals surface area contributed by atoms with Gasteiger partial charge in [-0.05, 0) is 89.9 Å². The SMILES string of the molecule is CC/C=C\C/C=C\C/C=C\C/C=C\CCCCCCCCC(=O)OCC(COC(=O)CCCCCCC/C=C\C/C=C\CCCCC)OC(=O)CCCCCCCCCCCCCCCCCCCCC. The van der Waals surface area contributed by atoms with Crippen LogP contribution in [0.5, 0.6) is 0 Å². The molecule has 0 radical (unpaired) electrons. The predicted octanol–water partition coefficient (Wildman–Crippen LogP) is 20.5. The van der Waals surface area contributed by atoms with E-state index in [2.05, 4.69) is 93.7 Å². The Morgan fingerprint density at radius 1 is 0.296 bits per heavy atom. The third-order valence-corrected chi connectivity index (χ3v) is 13.2. The van der Waals surface area contributed by atoms with E-state index in [1.165, 1.54) is 154 Å². The third kappa shape index (κ3) is 57.6. The lowest BCUT2D eigenvalue weighted by atomic mass is 10.0. The van der Waals surface area contributed by atoms with Gasteiger partial charge in [0, 0.05) is 19.3 Å². The van der Waals surface area contributed by atoms with Crippen LogP contribution in [0.1, 0.15) is 303 Å². The minimum absolute atomic E-state index is 0.0851. The molecule has 6 nitrogen and oxygen atoms in total. The van der Waals surface area contributed by atoms with Gasteiger partial charge in [0.15, 0.2) is 6.10 Å². The highest BCUT2D eigenvalue weighted by Gasteiger charge is 2.19. The van der Waals surface area contributed by atoms with Crippen LogP contribution in [-0.4, -0.2) is 37.2 Å². The normalized spacial score (nSPS) is 12.5. The van der Waals surface area contributed by atoms with Gasteiger partial charge in [0.2, 0.25) is 0 Å². The topological polar surface area (TPSA) is 78.9 Å². The molecule has 0 N–H and O–H groups in total. The molecule has 0 heterocycles. The summed E-state index contributed by atoms with van der Waals surface area (Å²) in [6.45, 7) is 6.51. The largest absolute Gasteiger partial charge is 0.462 e. The Morgan fingerprint density at radius 2 is 0.549 bits per heavy atom. The first-order valence-corrected chi connectivity index (χ1v) is 30.4. The average Bonchev–Trinajstić information content (AvgIpc) is 3.37. The van der Waals surface area contributed by atoms with Gasteiger partial charge in [0.25, 0.3) is 0 Å². The van der Waals surface area contributed by atoms with Crippen molar-refractivity contribution in [2.45, 2.75) is 309 Å². The molecule has 1 unspecified atom stereocenters. The van der Waals surface area contributed by atoms with Crippen molar-refractivity contribution < 1.29 is 28.6 Å². The van der Waals surface area contributed by atoms with E-state index in [9.17, 15) is 14.4 Å². The van der Waals surface area contributed by atoms with Crippen molar-refractivity contribution in [2.75, 3.05) is 13.2 Å². The van der Waals surface area contributed by atoms with Gasteiger partial charge in [-0.15, -0.1) is 0 Å². The van der Waals surface area contributed by atoms with Crippen LogP contribution in [0.2, 0.25) is 0 Å². The molecule has 0 aliphatic rings. The summed E-state index contributed by atoms with van der Waals surface area (Å²) in [6.07, 6.45) is 76.1. The summed E-state index contributed by atoms with van der Waals surface area (Å²) < 4.78 is 16.9. The van der Waals surface area contributed by atoms with Crippen molar-refractivity contribution in [1.82, 2.24) is 0 Å². The van der Waals surface area contributed by atoms with Gasteiger partial charge >= 0.3 is 17.9 Å². The fraction of sp³-hybridized carbons (Fsp3) is 0.769. The molecule has 0 saturated carbocycles. The van der Waals surface area contributed by atoms with E-state index in [4.69, 9.17) is 14.2 Å². The Morgan fingerprint density at radius 3 is 0.887 bits per heavy atom. The van der Waals surface area contributed by atoms with E-state index in [0.717, 1.165) is 109 Å². The monoisotopic (exact) mass is 991 g/mol. The van der Waals surface area contributed by atoms with Crippen LogP contribution in [0.3, 0.4) is 0 Å². The Labute approximate surface area is 440 Å². The maximum atomic E-state index is 12.9. The molecule has 0 saturated heterocycles. The fourth-order valence-corrected chi connectivity index (χ4v) is 8.64. The number of hydrogen-bond acceptors (Lipinski definition) is 6. The van der Waals surface area contributed by atoms with E-state index in [1.54, 1.807) is 0 Å². The zero-order valence-electron chi connectivity index (χ0n) is 47.0. The highest BCUT2D eigenvalue weighted by atomic mass is 16.6. The summed E-state index contributed by atoms with van der Waals surface area (Å²) >= 11 is 0. The molecule has 0 bridgehead atoms. The molecule has 0 amide bonds. The van der Waals surface area contributed by atoms with E-state index < -0.39 is 6.10 Å². The zero-order valence-corrected chi connectivity index (χ0v) is 47.0. The maximum absolute atomic E-state index is 12.9. The summed E-state index contributed by atoms with van der Waals surface area (Å²) in [5.41, 5.74) is 0. The molecular weight excluding hydrogens is 877 g/mol. The molecule has 0 fully saturated rings. The molecule has 1 atom stereocenters. The van der Waals surface area contributed by atoms with Crippen molar-refractivity contribution in [3.8, 4) is 0 Å². The van der Waals surface area contributed by atoms with Crippen LogP contribution in [0.25, 0.3) is 0 Å². The van der Waals surface area contributed by atoms with Crippen LogP contribution in [0, 0.1) is 0 Å². The van der Waals surface area contributed by atoms with Crippen molar-refractivity contribution >= 4 is 17.9 Å². The Kier molecular flexibility index (Phi) is 56.8. The summed E-state index contributed by atoms with van der Waals surface area (Å²) in [5, 5.41) is 0. The zero-order chi connectivity index (χ0) is 51.4. The number of ether oxygens (including phenoxy) is 3. The van der Waals surface area contributed by atoms with E-state index in [1.807, 2.05) is 0 Å². The molecule has 0 spiro atoms. The molecule has 71 heavy (non-hydrogen) atoms. The number of rotatable bonds is 55. The van der Waals surface area contributed by atoms with Gasteiger partial charge < -0.3 is 14.2 Å². The molecule has 410 valence electrons. The van der Waals surface area contributed by atoms with Crippen molar-refractivity contribution in [3.05, 3.63) is 72.9 Å². The maximum Gasteiger partial charge on any atom is 0.306 e. The lowest BCUT2D eigenvalue weighted by molar-refractivity contribution is -0.167. The first kappa shape index (κ1) is 67.8. The summed E-state index contributed by atoms with van der Waals surface area (Å²) in [4.78, 5) is 38.3. The second kappa shape index (κ2) is 59.4. The van der Waals surface area contributed by atoms with Crippen molar-refractivity contribution in [1.29, 1.82) is 0 Å². The second-order valence-corrected chi connectivity index (χ2v) is 20.2. The Bertz CT molecular complexity index is 1320. The summed E-state index contributed by atoms with van der Waals surface area (Å²) in [5.74, 6) is -0.897. The molecule has 0 aromatic heterocycles. The quantitative estimate of drug-likeness (QED) is 0.0261. The molecule has 0 aliphatic heterocycles. The van der Waals surface area contributed by atoms with E-state index in [0.29, 0.717) is 19.3 Å². The number of hydrogen-bond donors (Lipinski definition) is 0. The van der Waals surface area contributed by atoms with Gasteiger partial charge in [-0.25, -0.2) is 0 Å². The summed E-state index contributed by atoms with van der Waals surface area (Å²) in [7, 11) is 0. The van der Waals surface area contributed by atoms with Crippen LogP contribution in [0.15, 0.2) is 72.9 Å². The van der Waals surface area contributed by atoms with Crippen LogP contribution in [-0.2, 0) is 28.6 Å². The first-order valence-electron chi connectivity index (χ1n) is 30.4. The Hall–Kier alpha value is -3.15. The van der Waals surface area contributed by atoms with Gasteiger partial charge in [-0.1, -0.05) is 267 Å². The smallest absolute Gasteiger partial charge is 0.306 e. The second-order valence-electron chi connectivity index (χ2n) is 20.2. The lowest BCUT2D eigenvalue weighted by Gasteiger charge is -2.18. The van der Waals surface area contributed by atoms with E-state index >= 15 is 0 Å². The molecule has 0 aliphatic carbocycles. The molecular formula is C65H114O6. The van der Waals surface area contributed by atoms with E-state index in [-0.39, 0.29) is 31.1 Å². The van der Waals surface area contributed by atoms with Gasteiger partial charge in [0.1, 0.15) is 13.2 Å². The number of unbranched alkanes of at least 4 members (excludes halogenated alkanes) is 32. The Balaban J connectivity index is 4.39. The molecule has 6 heteroatoms. The highest BCUT2D eigenvalue weighted by Crippen LogP contribution is 2.16. The van der Waals surface area contributed by atoms with Gasteiger partial charge in [-0.3, -0.25) is 14.4 Å². The van der Waals surface area contributed by atoms with Crippen LogP contribution < -0.4 is 0 Å². The van der Waals surface area contributed by atoms with Gasteiger partial charge in [-0.2, -0.15) is 0 Å². The minimum Gasteiger partial charge on any atom is -0.462 e. The van der Waals surface area contributed by atoms with Gasteiger partial charge in [0.05, 0.1) is 0 Å². The summed E-state index contributed by atoms with van der Waals surface area (Å²) in [6, 6.07) is 0. The number of allylic oxidation sites excluding steroid dienone is 12. The molecule has 0 aromatic carbocycles. The average molecular weight is 992 g/mol. The third-order valence-electron chi connectivity index (χ3n) is 13.2. The van der Waals surface area contributed by atoms with Crippen LogP contribution in [0.4, 0.5) is 0 Å². The first-order chi connectivity index (χ1) is 35.0. The lowest BCUT2D eigenvalue weighted by Crippen LogP contribution is -2.30. The van der Waals surface area contributed by atoms with Crippen LogP contribution >= 0.6 is 0 Å². The fourth-order valence-electron chi connectivity index (χ4n) is 8.64. The standard InChI is InChI=1S/C65H114O6/c1-4-7-10-13-16-19-22-25-28-30-32-34-37-40-43-46-49-52-55-58-64(67)70-61-62(60-69-63(66)57-54-51-48-45-42-39-36-27-24-21-18-15-12-9-6-3)71-65(68)59-56-53-50-47-44-41-38-35-33-31-29-26-23-20-17-14-11-8-5-2/h7,10,16,18-19,21,25,27-28,32,34,36,62H,4-6,8-9,11-15,17,20,22-24,26,29-31,33,35,37-61H2,1-3H3/b10-7-,19-16-,21-18-,28-25-,34-32-,36-27-. The molecule has 0 aromatic rings. The minimum atomic E-state index is -0.787. The van der Waals surface area contributed by atoms with Crippen molar-refractivity contribution in [2.24, 2.45) is 0 Å². The number of esters is 3. The molecule has 0 rings (SSSR count). The number of carbonyl (C=O) groups excluding carboxylic acids is 3. The number of carbonyl (C=O) groups is 3. The highest BCUT2D eigenvalue weighted by molar-refractivity contribution is 5.71. The predicted molar refractivity (Wildman–Crippen MR) is 307 cm³/mol. The van der Waals surface area contributed by atoms with Crippen molar-refractivity contribution in [3.63, 3.8) is 0 Å².